The maximum absolute atomic E-state index is 11.7. The molecule has 3 heteroatoms. The molecular formula is C11H15NOS. The minimum Gasteiger partial charge on any atom is -0.293 e. The number of carbonyl (C=O) groups is 1. The van der Waals surface area contributed by atoms with E-state index in [1.165, 1.54) is 43.4 Å². The largest absolute Gasteiger partial charge is 0.293 e. The van der Waals surface area contributed by atoms with Crippen LogP contribution in [0, 0.1) is 5.92 Å². The first kappa shape index (κ1) is 9.84. The van der Waals surface area contributed by atoms with Crippen molar-refractivity contribution >= 4 is 17.1 Å². The number of carbonyl (C=O) groups excluding carboxylic acids is 1. The van der Waals surface area contributed by atoms with Gasteiger partial charge in [-0.1, -0.05) is 32.1 Å². The van der Waals surface area contributed by atoms with Gasteiger partial charge < -0.3 is 0 Å². The predicted molar refractivity (Wildman–Crippen MR) is 57.6 cm³/mol. The van der Waals surface area contributed by atoms with E-state index in [4.69, 9.17) is 0 Å². The van der Waals surface area contributed by atoms with Gasteiger partial charge >= 0.3 is 0 Å². The van der Waals surface area contributed by atoms with E-state index in [0.29, 0.717) is 11.7 Å². The van der Waals surface area contributed by atoms with Gasteiger partial charge in [-0.05, 0) is 5.92 Å². The number of ketones is 1. The lowest BCUT2D eigenvalue weighted by atomic mass is 9.86. The van der Waals surface area contributed by atoms with Crippen LogP contribution in [0.2, 0.25) is 0 Å². The Balaban J connectivity index is 1.87. The van der Waals surface area contributed by atoms with E-state index in [9.17, 15) is 4.79 Å². The van der Waals surface area contributed by atoms with Crippen LogP contribution in [0.5, 0.6) is 0 Å². The van der Waals surface area contributed by atoms with Crippen LogP contribution >= 0.6 is 11.3 Å². The summed E-state index contributed by atoms with van der Waals surface area (Å²) in [5, 5.41) is 0. The number of nitrogens with zero attached hydrogens (tertiary/aromatic N) is 1. The summed E-state index contributed by atoms with van der Waals surface area (Å²) in [4.78, 5) is 16.5. The fraction of sp³-hybridized carbons (Fsp3) is 0.636. The molecule has 14 heavy (non-hydrogen) atoms. The second kappa shape index (κ2) is 4.69. The molecular weight excluding hydrogens is 194 g/mol. The van der Waals surface area contributed by atoms with Crippen molar-refractivity contribution < 1.29 is 4.79 Å². The van der Waals surface area contributed by atoms with Gasteiger partial charge in [-0.25, -0.2) is 0 Å². The van der Waals surface area contributed by atoms with E-state index in [-0.39, 0.29) is 0 Å². The fourth-order valence-corrected chi connectivity index (χ4v) is 2.68. The van der Waals surface area contributed by atoms with Crippen LogP contribution in [-0.4, -0.2) is 10.8 Å². The highest BCUT2D eigenvalue weighted by atomic mass is 32.1. The molecule has 1 aromatic rings. The lowest BCUT2D eigenvalue weighted by molar-refractivity contribution is 0.0954. The van der Waals surface area contributed by atoms with Gasteiger partial charge in [0.1, 0.15) is 0 Å². The Labute approximate surface area is 88.4 Å². The highest BCUT2D eigenvalue weighted by Crippen LogP contribution is 2.27. The molecule has 76 valence electrons. The third kappa shape index (κ3) is 2.41. The molecule has 1 aliphatic carbocycles. The minimum absolute atomic E-state index is 0.291. The van der Waals surface area contributed by atoms with Crippen molar-refractivity contribution in [1.29, 1.82) is 0 Å². The van der Waals surface area contributed by atoms with Gasteiger partial charge in [-0.3, -0.25) is 9.78 Å². The Kier molecular flexibility index (Phi) is 3.30. The van der Waals surface area contributed by atoms with Gasteiger partial charge in [0, 0.05) is 12.6 Å². The van der Waals surface area contributed by atoms with Gasteiger partial charge in [0.25, 0.3) is 0 Å². The minimum atomic E-state index is 0.291. The van der Waals surface area contributed by atoms with Gasteiger partial charge in [0.15, 0.2) is 5.78 Å². The number of Topliss-reactive ketones (excluding diaryl/α,β-unsaturated/α-hetero) is 1. The van der Waals surface area contributed by atoms with Gasteiger partial charge in [0.2, 0.25) is 0 Å². The zero-order valence-corrected chi connectivity index (χ0v) is 9.05. The van der Waals surface area contributed by atoms with Crippen LogP contribution < -0.4 is 0 Å². The highest BCUT2D eigenvalue weighted by molar-refractivity contribution is 7.11. The van der Waals surface area contributed by atoms with E-state index in [0.717, 1.165) is 11.3 Å². The number of hydrogen-bond donors (Lipinski definition) is 0. The van der Waals surface area contributed by atoms with Crippen molar-refractivity contribution in [2.24, 2.45) is 5.92 Å². The zero-order valence-electron chi connectivity index (χ0n) is 8.24. The van der Waals surface area contributed by atoms with Crippen LogP contribution in [0.15, 0.2) is 11.7 Å². The van der Waals surface area contributed by atoms with Crippen molar-refractivity contribution in [2.75, 3.05) is 0 Å². The van der Waals surface area contributed by atoms with Crippen molar-refractivity contribution in [2.45, 2.75) is 38.5 Å². The van der Waals surface area contributed by atoms with E-state index >= 15 is 0 Å². The summed E-state index contributed by atoms with van der Waals surface area (Å²) in [5.41, 5.74) is 1.73. The van der Waals surface area contributed by atoms with E-state index in [2.05, 4.69) is 4.98 Å². The summed E-state index contributed by atoms with van der Waals surface area (Å²) in [6.45, 7) is 0. The third-order valence-corrected chi connectivity index (χ3v) is 3.72. The molecule has 0 unspecified atom stereocenters. The Morgan fingerprint density at radius 1 is 1.43 bits per heavy atom. The lowest BCUT2D eigenvalue weighted by Crippen LogP contribution is -2.11. The molecule has 1 aliphatic rings. The van der Waals surface area contributed by atoms with Crippen molar-refractivity contribution in [3.63, 3.8) is 0 Å². The maximum atomic E-state index is 11.7. The van der Waals surface area contributed by atoms with Gasteiger partial charge in [0.05, 0.1) is 10.4 Å². The zero-order chi connectivity index (χ0) is 9.80. The molecule has 0 saturated heterocycles. The standard InChI is InChI=1S/C11H15NOS/c13-10(11-7-12-8-14-11)6-9-4-2-1-3-5-9/h7-9H,1-6H2. The van der Waals surface area contributed by atoms with E-state index < -0.39 is 0 Å². The molecule has 1 fully saturated rings. The van der Waals surface area contributed by atoms with E-state index in [1.807, 2.05) is 0 Å². The summed E-state index contributed by atoms with van der Waals surface area (Å²) in [6, 6.07) is 0. The third-order valence-electron chi connectivity index (χ3n) is 2.91. The molecule has 0 aromatic carbocycles. The Morgan fingerprint density at radius 2 is 2.21 bits per heavy atom. The van der Waals surface area contributed by atoms with Gasteiger partial charge in [-0.2, -0.15) is 0 Å². The van der Waals surface area contributed by atoms with Crippen LogP contribution in [0.25, 0.3) is 0 Å². The van der Waals surface area contributed by atoms with Crippen LogP contribution in [0.4, 0.5) is 0 Å². The summed E-state index contributed by atoms with van der Waals surface area (Å²) in [7, 11) is 0. The molecule has 0 radical (unpaired) electrons. The average molecular weight is 209 g/mol. The average Bonchev–Trinajstić information content (AvgIpc) is 2.72. The Morgan fingerprint density at radius 3 is 2.86 bits per heavy atom. The molecule has 0 bridgehead atoms. The normalized spacial score (nSPS) is 18.3. The highest BCUT2D eigenvalue weighted by Gasteiger charge is 2.18. The van der Waals surface area contributed by atoms with Crippen molar-refractivity contribution in [1.82, 2.24) is 4.98 Å². The quantitative estimate of drug-likeness (QED) is 0.715. The van der Waals surface area contributed by atoms with Crippen LogP contribution in [-0.2, 0) is 0 Å². The molecule has 0 aliphatic heterocycles. The summed E-state index contributed by atoms with van der Waals surface area (Å²) >= 11 is 1.46. The molecule has 1 heterocycles. The second-order valence-electron chi connectivity index (χ2n) is 4.00. The molecule has 0 amide bonds. The molecule has 2 rings (SSSR count). The molecule has 2 nitrogen and oxygen atoms in total. The van der Waals surface area contributed by atoms with E-state index in [1.54, 1.807) is 11.7 Å². The first-order valence-corrected chi connectivity index (χ1v) is 6.16. The number of hydrogen-bond acceptors (Lipinski definition) is 3. The monoisotopic (exact) mass is 209 g/mol. The van der Waals surface area contributed by atoms with Crippen LogP contribution in [0.3, 0.4) is 0 Å². The first-order valence-electron chi connectivity index (χ1n) is 5.28. The maximum Gasteiger partial charge on any atom is 0.174 e. The fourth-order valence-electron chi connectivity index (χ4n) is 2.11. The molecule has 0 atom stereocenters. The lowest BCUT2D eigenvalue weighted by Gasteiger charge is -2.20. The van der Waals surface area contributed by atoms with Crippen LogP contribution in [0.1, 0.15) is 48.2 Å². The SMILES string of the molecule is O=C(CC1CCCCC1)c1cncs1. The Hall–Kier alpha value is -0.700. The van der Waals surface area contributed by atoms with Crippen molar-refractivity contribution in [3.8, 4) is 0 Å². The number of thiazole rings is 1. The smallest absolute Gasteiger partial charge is 0.174 e. The first-order chi connectivity index (χ1) is 6.86. The molecule has 0 spiro atoms. The molecule has 1 saturated carbocycles. The summed E-state index contributed by atoms with van der Waals surface area (Å²) in [6.07, 6.45) is 8.87. The molecule has 0 N–H and O–H groups in total. The topological polar surface area (TPSA) is 30.0 Å². The Bertz CT molecular complexity index is 288. The van der Waals surface area contributed by atoms with Crippen molar-refractivity contribution in [3.05, 3.63) is 16.6 Å². The number of aromatic nitrogens is 1. The summed E-state index contributed by atoms with van der Waals surface area (Å²) < 4.78 is 0. The molecule has 1 aromatic heterocycles. The summed E-state index contributed by atoms with van der Waals surface area (Å²) in [5.74, 6) is 0.928. The van der Waals surface area contributed by atoms with Gasteiger partial charge in [-0.15, -0.1) is 11.3 Å². The number of rotatable bonds is 3. The second-order valence-corrected chi connectivity index (χ2v) is 4.88. The predicted octanol–water partition coefficient (Wildman–Crippen LogP) is 3.30.